The van der Waals surface area contributed by atoms with Crippen molar-refractivity contribution in [1.82, 2.24) is 15.5 Å². The summed E-state index contributed by atoms with van der Waals surface area (Å²) in [5.74, 6) is -1.07. The number of benzene rings is 2. The van der Waals surface area contributed by atoms with Gasteiger partial charge < -0.3 is 31.1 Å². The van der Waals surface area contributed by atoms with Crippen LogP contribution in [-0.4, -0.2) is 80.6 Å². The van der Waals surface area contributed by atoms with Gasteiger partial charge in [0.15, 0.2) is 9.84 Å². The number of amides is 3. The van der Waals surface area contributed by atoms with Crippen LogP contribution in [0.2, 0.25) is 0 Å². The number of ether oxygens (including phenoxy) is 1. The lowest BCUT2D eigenvalue weighted by atomic mass is 9.83. The molecule has 11 nitrogen and oxygen atoms in total. The first-order chi connectivity index (χ1) is 21.2. The fraction of sp³-hybridized carbons (Fsp3) is 0.485. The molecular weight excluding hydrogens is 596 g/mol. The third-order valence-electron chi connectivity index (χ3n) is 7.57. The van der Waals surface area contributed by atoms with Gasteiger partial charge in [-0.3, -0.25) is 14.4 Å². The first-order valence-corrected chi connectivity index (χ1v) is 16.7. The van der Waals surface area contributed by atoms with Gasteiger partial charge in [-0.2, -0.15) is 0 Å². The predicted octanol–water partition coefficient (Wildman–Crippen LogP) is 2.54. The molecule has 3 atom stereocenters. The fourth-order valence-corrected chi connectivity index (χ4v) is 6.22. The SMILES string of the molecule is CC(C)C[C@H](NC(=O)[C@@H](N)CC(C)(C)C(=O)N1CCOCC1)C(=O)N[C@H](/C=C/S(=O)(=O)c1ccccc1)Cc1ccc(O)cc1. The lowest BCUT2D eigenvalue weighted by Gasteiger charge is -2.35. The van der Waals surface area contributed by atoms with Gasteiger partial charge in [0, 0.05) is 23.9 Å². The maximum atomic E-state index is 13.6. The van der Waals surface area contributed by atoms with Crippen molar-refractivity contribution < 1.29 is 32.6 Å². The molecule has 5 N–H and O–H groups in total. The highest BCUT2D eigenvalue weighted by Gasteiger charge is 2.37. The molecule has 45 heavy (non-hydrogen) atoms. The van der Waals surface area contributed by atoms with E-state index in [9.17, 15) is 27.9 Å². The first-order valence-electron chi connectivity index (χ1n) is 15.2. The zero-order chi connectivity index (χ0) is 33.2. The summed E-state index contributed by atoms with van der Waals surface area (Å²) in [6, 6.07) is 11.6. The number of sulfone groups is 1. The summed E-state index contributed by atoms with van der Waals surface area (Å²) in [4.78, 5) is 41.8. The molecule has 0 radical (unpaired) electrons. The largest absolute Gasteiger partial charge is 0.508 e. The Morgan fingerprint density at radius 2 is 1.62 bits per heavy atom. The van der Waals surface area contributed by atoms with Gasteiger partial charge >= 0.3 is 0 Å². The Morgan fingerprint density at radius 1 is 1.00 bits per heavy atom. The van der Waals surface area contributed by atoms with E-state index in [0.717, 1.165) is 11.0 Å². The Kier molecular flexibility index (Phi) is 12.7. The van der Waals surface area contributed by atoms with Crippen LogP contribution < -0.4 is 16.4 Å². The molecule has 246 valence electrons. The highest BCUT2D eigenvalue weighted by Crippen LogP contribution is 2.26. The maximum Gasteiger partial charge on any atom is 0.243 e. The Hall–Kier alpha value is -3.74. The second kappa shape index (κ2) is 16.0. The summed E-state index contributed by atoms with van der Waals surface area (Å²) < 4.78 is 31.2. The van der Waals surface area contributed by atoms with Gasteiger partial charge in [0.1, 0.15) is 11.8 Å². The molecule has 3 rings (SSSR count). The molecule has 0 spiro atoms. The van der Waals surface area contributed by atoms with E-state index in [0.29, 0.717) is 32.7 Å². The summed E-state index contributed by atoms with van der Waals surface area (Å²) in [6.07, 6.45) is 2.02. The van der Waals surface area contributed by atoms with Crippen LogP contribution in [0.25, 0.3) is 0 Å². The number of nitrogens with zero attached hydrogens (tertiary/aromatic N) is 1. The zero-order valence-electron chi connectivity index (χ0n) is 26.4. The highest BCUT2D eigenvalue weighted by atomic mass is 32.2. The van der Waals surface area contributed by atoms with Gasteiger partial charge in [-0.1, -0.05) is 64.1 Å². The Balaban J connectivity index is 1.76. The van der Waals surface area contributed by atoms with Gasteiger partial charge in [0.05, 0.1) is 30.2 Å². The van der Waals surface area contributed by atoms with E-state index in [1.54, 1.807) is 49.1 Å². The zero-order valence-corrected chi connectivity index (χ0v) is 27.3. The van der Waals surface area contributed by atoms with Crippen molar-refractivity contribution in [3.8, 4) is 5.75 Å². The molecule has 12 heteroatoms. The minimum atomic E-state index is -3.79. The molecule has 3 amide bonds. The first kappa shape index (κ1) is 35.7. The monoisotopic (exact) mass is 642 g/mol. The number of nitrogens with one attached hydrogen (secondary N) is 2. The molecule has 0 unspecified atom stereocenters. The van der Waals surface area contributed by atoms with Crippen LogP contribution in [0, 0.1) is 11.3 Å². The normalized spacial score (nSPS) is 16.3. The summed E-state index contributed by atoms with van der Waals surface area (Å²) in [5, 5.41) is 16.4. The Labute approximate surface area is 266 Å². The predicted molar refractivity (Wildman–Crippen MR) is 172 cm³/mol. The number of nitrogens with two attached hydrogens (primary N) is 1. The standard InChI is InChI=1S/C33H46N4O7S/c1-23(2)20-29(36-30(39)28(34)22-33(3,4)32(41)37-15-17-44-18-16-37)31(40)35-25(21-24-10-12-26(38)13-11-24)14-19-45(42,43)27-8-6-5-7-9-27/h5-14,19,23,25,28-29,38H,15-18,20-22,34H2,1-4H3,(H,35,40)(H,36,39)/b19-14+/t25-,28+,29+/m1/s1. The van der Waals surface area contributed by atoms with Crippen LogP contribution in [0.5, 0.6) is 5.75 Å². The topological polar surface area (TPSA) is 168 Å². The molecule has 2 aromatic rings. The molecular formula is C33H46N4O7S. The fourth-order valence-electron chi connectivity index (χ4n) is 5.13. The average Bonchev–Trinajstić information content (AvgIpc) is 3.00. The van der Waals surface area contributed by atoms with E-state index in [2.05, 4.69) is 10.6 Å². The van der Waals surface area contributed by atoms with E-state index in [4.69, 9.17) is 10.5 Å². The van der Waals surface area contributed by atoms with E-state index in [1.807, 2.05) is 13.8 Å². The number of phenols is 1. The third kappa shape index (κ3) is 11.0. The minimum Gasteiger partial charge on any atom is -0.508 e. The van der Waals surface area contributed by atoms with Crippen molar-refractivity contribution in [1.29, 1.82) is 0 Å². The number of rotatable bonds is 14. The van der Waals surface area contributed by atoms with Crippen LogP contribution in [0.15, 0.2) is 71.0 Å². The van der Waals surface area contributed by atoms with Crippen LogP contribution in [0.1, 0.15) is 46.1 Å². The number of carbonyl (C=O) groups is 3. The molecule has 0 bridgehead atoms. The second-order valence-corrected chi connectivity index (χ2v) is 14.3. The molecule has 1 aliphatic rings. The van der Waals surface area contributed by atoms with Gasteiger partial charge in [0.2, 0.25) is 17.7 Å². The summed E-state index contributed by atoms with van der Waals surface area (Å²) in [5.41, 5.74) is 6.12. The quantitative estimate of drug-likeness (QED) is 0.244. The van der Waals surface area contributed by atoms with Crippen LogP contribution in [-0.2, 0) is 35.4 Å². The van der Waals surface area contributed by atoms with Crippen molar-refractivity contribution in [2.75, 3.05) is 26.3 Å². The lowest BCUT2D eigenvalue weighted by molar-refractivity contribution is -0.145. The molecule has 1 saturated heterocycles. The highest BCUT2D eigenvalue weighted by molar-refractivity contribution is 7.94. The van der Waals surface area contributed by atoms with Crippen molar-refractivity contribution >= 4 is 27.6 Å². The van der Waals surface area contributed by atoms with Crippen LogP contribution in [0.3, 0.4) is 0 Å². The van der Waals surface area contributed by atoms with Gasteiger partial charge in [-0.15, -0.1) is 0 Å². The maximum absolute atomic E-state index is 13.6. The van der Waals surface area contributed by atoms with Gasteiger partial charge in [-0.05, 0) is 55.0 Å². The second-order valence-electron chi connectivity index (χ2n) is 12.5. The number of aromatic hydroxyl groups is 1. The molecule has 2 aromatic carbocycles. The van der Waals surface area contributed by atoms with Gasteiger partial charge in [0.25, 0.3) is 0 Å². The van der Waals surface area contributed by atoms with E-state index in [-0.39, 0.29) is 35.3 Å². The van der Waals surface area contributed by atoms with Crippen molar-refractivity contribution in [2.24, 2.45) is 17.1 Å². The number of morpholine rings is 1. The molecule has 0 saturated carbocycles. The minimum absolute atomic E-state index is 0.0289. The average molecular weight is 643 g/mol. The summed E-state index contributed by atoms with van der Waals surface area (Å²) in [6.45, 7) is 9.20. The van der Waals surface area contributed by atoms with E-state index < -0.39 is 45.2 Å². The third-order valence-corrected chi connectivity index (χ3v) is 9.01. The van der Waals surface area contributed by atoms with E-state index in [1.165, 1.54) is 30.3 Å². The van der Waals surface area contributed by atoms with E-state index >= 15 is 0 Å². The van der Waals surface area contributed by atoms with Crippen LogP contribution in [0.4, 0.5) is 0 Å². The number of phenolic OH excluding ortho intramolecular Hbond substituents is 1. The Bertz CT molecular complexity index is 1420. The molecule has 1 fully saturated rings. The molecule has 1 heterocycles. The Morgan fingerprint density at radius 3 is 2.22 bits per heavy atom. The molecule has 1 aliphatic heterocycles. The van der Waals surface area contributed by atoms with Crippen molar-refractivity contribution in [3.63, 3.8) is 0 Å². The number of hydrogen-bond acceptors (Lipinski definition) is 8. The number of hydrogen-bond donors (Lipinski definition) is 4. The summed E-state index contributed by atoms with van der Waals surface area (Å²) >= 11 is 0. The van der Waals surface area contributed by atoms with Crippen molar-refractivity contribution in [3.05, 3.63) is 71.6 Å². The van der Waals surface area contributed by atoms with Crippen LogP contribution >= 0.6 is 0 Å². The van der Waals surface area contributed by atoms with Crippen molar-refractivity contribution in [2.45, 2.75) is 70.0 Å². The molecule has 0 aromatic heterocycles. The van der Waals surface area contributed by atoms with Gasteiger partial charge in [-0.25, -0.2) is 8.42 Å². The lowest BCUT2D eigenvalue weighted by Crippen LogP contribution is -2.55. The number of carbonyl (C=O) groups excluding carboxylic acids is 3. The smallest absolute Gasteiger partial charge is 0.243 e. The summed E-state index contributed by atoms with van der Waals surface area (Å²) in [7, 11) is -3.79. The molecule has 0 aliphatic carbocycles.